The van der Waals surface area contributed by atoms with Gasteiger partial charge in [0, 0.05) is 32.1 Å². The summed E-state index contributed by atoms with van der Waals surface area (Å²) >= 11 is 0. The van der Waals surface area contributed by atoms with E-state index in [4.69, 9.17) is 19.2 Å². The van der Waals surface area contributed by atoms with Gasteiger partial charge in [-0.1, -0.05) is 32.3 Å². The van der Waals surface area contributed by atoms with Gasteiger partial charge in [0.1, 0.15) is 24.2 Å². The van der Waals surface area contributed by atoms with Gasteiger partial charge in [-0.05, 0) is 51.1 Å². The van der Waals surface area contributed by atoms with Gasteiger partial charge in [0.2, 0.25) is 5.91 Å². The number of nitrogens with one attached hydrogen (secondary N) is 3. The second-order valence-corrected chi connectivity index (χ2v) is 17.5. The summed E-state index contributed by atoms with van der Waals surface area (Å²) in [7, 11) is -0.0772. The minimum absolute atomic E-state index is 0.0820. The number of ether oxygens (including phenoxy) is 4. The number of hydrogen-bond donors (Lipinski definition) is 3. The summed E-state index contributed by atoms with van der Waals surface area (Å²) in [5.74, 6) is 0.00350. The quantitative estimate of drug-likeness (QED) is 0.0968. The zero-order valence-corrected chi connectivity index (χ0v) is 27.2. The first-order chi connectivity index (χ1) is 20.2. The van der Waals surface area contributed by atoms with Gasteiger partial charge in [0.25, 0.3) is 0 Å². The molecular formula is C30H45N5O7Si. The Bertz CT molecular complexity index is 1280. The van der Waals surface area contributed by atoms with Crippen molar-refractivity contribution in [2.75, 3.05) is 37.6 Å². The Morgan fingerprint density at radius 2 is 1.81 bits per heavy atom. The molecule has 1 heterocycles. The van der Waals surface area contributed by atoms with Crippen LogP contribution in [0.25, 0.3) is 11.3 Å². The first kappa shape index (κ1) is 35.3. The fourth-order valence-electron chi connectivity index (χ4n) is 3.68. The first-order valence-electron chi connectivity index (χ1n) is 13.9. The fourth-order valence-corrected chi connectivity index (χ4v) is 4.44. The predicted octanol–water partition coefficient (Wildman–Crippen LogP) is 5.93. The molecule has 0 aliphatic heterocycles. The number of benzene rings is 1. The molecule has 0 radical (unpaired) electrons. The van der Waals surface area contributed by atoms with E-state index in [0.717, 1.165) is 12.1 Å². The van der Waals surface area contributed by atoms with Gasteiger partial charge < -0.3 is 34.1 Å². The molecule has 13 heteroatoms. The highest BCUT2D eigenvalue weighted by Crippen LogP contribution is 2.32. The standard InChI is InChI=1S/C30H45N5O7Si/c1-10-14-40-19-25(34-29(38)42-30(3,4)5)27-33-24(18-35(27)20-41-15-16-43(7,8)9)22-13-12-21(31-28(37)39-6)17-23(22)32-26(36)11-2/h10-13,17-18,25H,1-2,14-16,19-20H2,3-9H3,(H,31,37)(H,32,36)(H,34,38)/t25-/m0/s1. The van der Waals surface area contributed by atoms with Gasteiger partial charge >= 0.3 is 12.2 Å². The average Bonchev–Trinajstić information content (AvgIpc) is 3.32. The molecule has 1 aromatic carbocycles. The van der Waals surface area contributed by atoms with Gasteiger partial charge in [-0.3, -0.25) is 10.1 Å². The highest BCUT2D eigenvalue weighted by molar-refractivity contribution is 6.76. The van der Waals surface area contributed by atoms with E-state index in [0.29, 0.717) is 35.1 Å². The van der Waals surface area contributed by atoms with Crippen LogP contribution in [0, 0.1) is 0 Å². The van der Waals surface area contributed by atoms with Gasteiger partial charge in [0.05, 0.1) is 31.7 Å². The number of hydrogen-bond acceptors (Lipinski definition) is 8. The predicted molar refractivity (Wildman–Crippen MR) is 170 cm³/mol. The lowest BCUT2D eigenvalue weighted by Crippen LogP contribution is -2.38. The first-order valence-corrected chi connectivity index (χ1v) is 17.6. The SMILES string of the molecule is C=CCOC[C@H](NC(=O)OC(C)(C)C)c1nc(-c2ccc(NC(=O)OC)cc2NC(=O)C=C)cn1COCC[Si](C)(C)C. The number of methoxy groups -OCH3 is 1. The molecular weight excluding hydrogens is 570 g/mol. The molecule has 2 rings (SSSR count). The van der Waals surface area contributed by atoms with Gasteiger partial charge in [-0.25, -0.2) is 14.6 Å². The molecule has 0 spiro atoms. The number of aromatic nitrogens is 2. The number of carbonyl (C=O) groups is 3. The lowest BCUT2D eigenvalue weighted by atomic mass is 10.1. The third-order valence-corrected chi connectivity index (χ3v) is 7.43. The Balaban J connectivity index is 2.59. The minimum Gasteiger partial charge on any atom is -0.453 e. The topological polar surface area (TPSA) is 142 Å². The molecule has 1 aromatic heterocycles. The lowest BCUT2D eigenvalue weighted by molar-refractivity contribution is -0.111. The third kappa shape index (κ3) is 12.4. The van der Waals surface area contributed by atoms with Crippen LogP contribution in [0.4, 0.5) is 21.0 Å². The van der Waals surface area contributed by atoms with E-state index < -0.39 is 37.8 Å². The number of anilines is 2. The molecule has 0 bridgehead atoms. The number of carbonyl (C=O) groups excluding carboxylic acids is 3. The summed E-state index contributed by atoms with van der Waals surface area (Å²) in [6.45, 7) is 20.4. The summed E-state index contributed by atoms with van der Waals surface area (Å²) < 4.78 is 23.7. The molecule has 0 aliphatic carbocycles. The Kier molecular flexibility index (Phi) is 13.2. The van der Waals surface area contributed by atoms with Crippen molar-refractivity contribution in [3.63, 3.8) is 0 Å². The Morgan fingerprint density at radius 3 is 2.42 bits per heavy atom. The Hall–Kier alpha value is -3.94. The van der Waals surface area contributed by atoms with Crippen LogP contribution in [0.15, 0.2) is 49.7 Å². The largest absolute Gasteiger partial charge is 0.453 e. The summed E-state index contributed by atoms with van der Waals surface area (Å²) in [4.78, 5) is 41.8. The van der Waals surface area contributed by atoms with Crippen LogP contribution in [0.1, 0.15) is 32.6 Å². The smallest absolute Gasteiger partial charge is 0.411 e. The van der Waals surface area contributed by atoms with E-state index in [1.807, 2.05) is 0 Å². The van der Waals surface area contributed by atoms with E-state index in [9.17, 15) is 14.4 Å². The van der Waals surface area contributed by atoms with Gasteiger partial charge in [-0.15, -0.1) is 6.58 Å². The molecule has 3 amide bonds. The third-order valence-electron chi connectivity index (χ3n) is 5.73. The number of alkyl carbamates (subject to hydrolysis) is 1. The van der Waals surface area contributed by atoms with Crippen molar-refractivity contribution in [3.05, 3.63) is 55.5 Å². The van der Waals surface area contributed by atoms with E-state index in [1.54, 1.807) is 55.8 Å². The second-order valence-electron chi connectivity index (χ2n) is 11.9. The minimum atomic E-state index is -1.33. The van der Waals surface area contributed by atoms with Crippen LogP contribution < -0.4 is 16.0 Å². The van der Waals surface area contributed by atoms with Crippen molar-refractivity contribution in [1.29, 1.82) is 0 Å². The molecule has 1 atom stereocenters. The van der Waals surface area contributed by atoms with E-state index in [-0.39, 0.29) is 19.9 Å². The molecule has 43 heavy (non-hydrogen) atoms. The number of imidazole rings is 1. The summed E-state index contributed by atoms with van der Waals surface area (Å²) in [6, 6.07) is 5.20. The summed E-state index contributed by atoms with van der Waals surface area (Å²) in [5.41, 5.74) is 1.08. The van der Waals surface area contributed by atoms with Crippen molar-refractivity contribution in [2.24, 2.45) is 0 Å². The van der Waals surface area contributed by atoms with Crippen molar-refractivity contribution in [3.8, 4) is 11.3 Å². The average molecular weight is 616 g/mol. The lowest BCUT2D eigenvalue weighted by Gasteiger charge is -2.24. The van der Waals surface area contributed by atoms with Gasteiger partial charge in [-0.2, -0.15) is 0 Å². The van der Waals surface area contributed by atoms with Crippen LogP contribution in [0.2, 0.25) is 25.7 Å². The maximum Gasteiger partial charge on any atom is 0.411 e. The van der Waals surface area contributed by atoms with Gasteiger partial charge in [0.15, 0.2) is 0 Å². The highest BCUT2D eigenvalue weighted by Gasteiger charge is 2.26. The van der Waals surface area contributed by atoms with E-state index >= 15 is 0 Å². The molecule has 2 aromatic rings. The van der Waals surface area contributed by atoms with Crippen molar-refractivity contribution < 1.29 is 33.3 Å². The molecule has 3 N–H and O–H groups in total. The molecule has 0 unspecified atom stereocenters. The number of rotatable bonds is 15. The normalized spacial score (nSPS) is 12.2. The molecule has 236 valence electrons. The van der Waals surface area contributed by atoms with Crippen molar-refractivity contribution >= 4 is 37.5 Å². The van der Waals surface area contributed by atoms with Crippen LogP contribution in [-0.2, 0) is 30.5 Å². The number of nitrogens with zero attached hydrogens (tertiary/aromatic N) is 2. The maximum absolute atomic E-state index is 12.8. The van der Waals surface area contributed by atoms with Crippen LogP contribution in [0.5, 0.6) is 0 Å². The zero-order valence-electron chi connectivity index (χ0n) is 26.2. The fraction of sp³-hybridized carbons (Fsp3) is 0.467. The van der Waals surface area contributed by atoms with E-state index in [1.165, 1.54) is 7.11 Å². The monoisotopic (exact) mass is 615 g/mol. The molecule has 0 saturated carbocycles. The Labute approximate surface area is 254 Å². The second kappa shape index (κ2) is 16.1. The molecule has 0 saturated heterocycles. The van der Waals surface area contributed by atoms with E-state index in [2.05, 4.69) is 53.5 Å². The summed E-state index contributed by atoms with van der Waals surface area (Å²) in [5, 5.41) is 8.22. The molecule has 12 nitrogen and oxygen atoms in total. The van der Waals surface area contributed by atoms with Crippen molar-refractivity contribution in [2.45, 2.75) is 64.8 Å². The number of amides is 3. The van der Waals surface area contributed by atoms with Crippen LogP contribution in [0.3, 0.4) is 0 Å². The highest BCUT2D eigenvalue weighted by atomic mass is 28.3. The molecule has 0 fully saturated rings. The maximum atomic E-state index is 12.8. The Morgan fingerprint density at radius 1 is 1.09 bits per heavy atom. The molecule has 0 aliphatic rings. The van der Waals surface area contributed by atoms with Crippen molar-refractivity contribution in [1.82, 2.24) is 14.9 Å². The van der Waals surface area contributed by atoms with Crippen LogP contribution >= 0.6 is 0 Å². The van der Waals surface area contributed by atoms with Crippen LogP contribution in [-0.4, -0.2) is 68.3 Å². The zero-order chi connectivity index (χ0) is 32.2. The summed E-state index contributed by atoms with van der Waals surface area (Å²) in [6.07, 6.45) is 3.23.